The van der Waals surface area contributed by atoms with Crippen molar-refractivity contribution < 1.29 is 13.5 Å². The van der Waals surface area contributed by atoms with Gasteiger partial charge in [0, 0.05) is 37.9 Å². The second kappa shape index (κ2) is 10.3. The van der Waals surface area contributed by atoms with Crippen molar-refractivity contribution >= 4 is 11.8 Å². The van der Waals surface area contributed by atoms with Gasteiger partial charge < -0.3 is 20.3 Å². The first-order valence-electron chi connectivity index (χ1n) is 10.3. The maximum absolute atomic E-state index is 13.8. The number of benzene rings is 1. The summed E-state index contributed by atoms with van der Waals surface area (Å²) in [4.78, 5) is 11.3. The number of guanidine groups is 1. The molecular weight excluding hydrogens is 388 g/mol. The molecule has 1 saturated heterocycles. The summed E-state index contributed by atoms with van der Waals surface area (Å²) in [6.07, 6.45) is 2.17. The van der Waals surface area contributed by atoms with Gasteiger partial charge in [-0.05, 0) is 50.6 Å². The molecule has 2 unspecified atom stereocenters. The molecule has 0 amide bonds. The Kier molecular flexibility index (Phi) is 7.57. The number of hydrogen-bond donors (Lipinski definition) is 2. The van der Waals surface area contributed by atoms with Crippen molar-refractivity contribution in [3.63, 3.8) is 0 Å². The molecule has 1 fully saturated rings. The molecule has 1 aromatic carbocycles. The first kappa shape index (κ1) is 22.0. The van der Waals surface area contributed by atoms with E-state index in [2.05, 4.69) is 39.4 Å². The quantitative estimate of drug-likeness (QED) is 0.558. The van der Waals surface area contributed by atoms with Gasteiger partial charge in [0.2, 0.25) is 0 Å². The van der Waals surface area contributed by atoms with Gasteiger partial charge in [-0.1, -0.05) is 6.07 Å². The van der Waals surface area contributed by atoms with Crippen LogP contribution < -0.4 is 15.5 Å². The lowest BCUT2D eigenvalue weighted by molar-refractivity contribution is -0.00545. The van der Waals surface area contributed by atoms with E-state index >= 15 is 0 Å². The van der Waals surface area contributed by atoms with Crippen LogP contribution in [0.3, 0.4) is 0 Å². The smallest absolute Gasteiger partial charge is 0.191 e. The molecule has 2 aromatic rings. The maximum Gasteiger partial charge on any atom is 0.191 e. The van der Waals surface area contributed by atoms with Gasteiger partial charge in [0.25, 0.3) is 0 Å². The normalized spacial score (nSPS) is 19.6. The number of morpholine rings is 1. The van der Waals surface area contributed by atoms with Crippen molar-refractivity contribution in [2.45, 2.75) is 46.1 Å². The van der Waals surface area contributed by atoms with Gasteiger partial charge in [-0.25, -0.2) is 18.8 Å². The minimum absolute atomic E-state index is 0.139. The molecule has 6 nitrogen and oxygen atoms in total. The fourth-order valence-corrected chi connectivity index (χ4v) is 3.43. The molecule has 0 aliphatic carbocycles. The highest BCUT2D eigenvalue weighted by Gasteiger charge is 2.22. The molecule has 0 spiro atoms. The first-order valence-corrected chi connectivity index (χ1v) is 10.3. The predicted octanol–water partition coefficient (Wildman–Crippen LogP) is 3.23. The highest BCUT2D eigenvalue weighted by Crippen LogP contribution is 2.18. The Hall–Kier alpha value is -2.74. The van der Waals surface area contributed by atoms with E-state index in [1.807, 2.05) is 25.3 Å². The zero-order chi connectivity index (χ0) is 21.5. The third kappa shape index (κ3) is 6.13. The van der Waals surface area contributed by atoms with Gasteiger partial charge in [-0.3, -0.25) is 0 Å². The number of aromatic nitrogens is 1. The molecule has 2 heterocycles. The van der Waals surface area contributed by atoms with Crippen molar-refractivity contribution in [2.75, 3.05) is 24.5 Å². The first-order chi connectivity index (χ1) is 14.4. The van der Waals surface area contributed by atoms with Crippen LogP contribution in [0.2, 0.25) is 0 Å². The van der Waals surface area contributed by atoms with Gasteiger partial charge in [0.05, 0.1) is 18.8 Å². The van der Waals surface area contributed by atoms with Crippen LogP contribution in [0.5, 0.6) is 0 Å². The molecular formula is C22H29F2N5O. The Morgan fingerprint density at radius 1 is 1.17 bits per heavy atom. The summed E-state index contributed by atoms with van der Waals surface area (Å²) in [6.45, 7) is 8.93. The number of nitrogens with zero attached hydrogens (tertiary/aromatic N) is 3. The summed E-state index contributed by atoms with van der Waals surface area (Å²) < 4.78 is 32.9. The largest absolute Gasteiger partial charge is 0.372 e. The lowest BCUT2D eigenvalue weighted by Gasteiger charge is -2.36. The third-order valence-electron chi connectivity index (χ3n) is 4.77. The van der Waals surface area contributed by atoms with E-state index in [1.54, 1.807) is 0 Å². The maximum atomic E-state index is 13.8. The summed E-state index contributed by atoms with van der Waals surface area (Å²) in [6, 6.07) is 7.42. The Morgan fingerprint density at radius 2 is 1.93 bits per heavy atom. The van der Waals surface area contributed by atoms with Crippen LogP contribution in [0.1, 0.15) is 31.9 Å². The Balaban J connectivity index is 1.60. The number of ether oxygens (including phenoxy) is 1. The highest BCUT2D eigenvalue weighted by atomic mass is 19.1. The van der Waals surface area contributed by atoms with Crippen LogP contribution in [0.4, 0.5) is 14.6 Å². The average Bonchev–Trinajstić information content (AvgIpc) is 2.72. The van der Waals surface area contributed by atoms with Crippen molar-refractivity contribution in [3.05, 3.63) is 59.3 Å². The molecule has 1 aromatic heterocycles. The lowest BCUT2D eigenvalue weighted by atomic mass is 10.2. The molecule has 2 N–H and O–H groups in total. The molecule has 30 heavy (non-hydrogen) atoms. The summed E-state index contributed by atoms with van der Waals surface area (Å²) in [7, 11) is 0. The molecule has 3 rings (SSSR count). The molecule has 1 aliphatic heterocycles. The molecule has 2 atom stereocenters. The Bertz CT molecular complexity index is 849. The molecule has 162 valence electrons. The second-order valence-corrected chi connectivity index (χ2v) is 7.47. The van der Waals surface area contributed by atoms with Gasteiger partial charge in [0.1, 0.15) is 17.5 Å². The van der Waals surface area contributed by atoms with Crippen molar-refractivity contribution in [1.29, 1.82) is 0 Å². The van der Waals surface area contributed by atoms with Crippen molar-refractivity contribution in [1.82, 2.24) is 15.6 Å². The SMILES string of the molecule is CCNC(=NCc1ccc(N2CC(C)OC(C)C2)nc1)NCc1cc(F)ccc1F. The number of nitrogens with one attached hydrogen (secondary N) is 2. The van der Waals surface area contributed by atoms with Crippen molar-refractivity contribution in [3.8, 4) is 0 Å². The molecule has 1 aliphatic rings. The zero-order valence-electron chi connectivity index (χ0n) is 17.7. The number of anilines is 1. The van der Waals surface area contributed by atoms with Gasteiger partial charge in [-0.15, -0.1) is 0 Å². The second-order valence-electron chi connectivity index (χ2n) is 7.47. The van der Waals surface area contributed by atoms with Gasteiger partial charge >= 0.3 is 0 Å². The average molecular weight is 418 g/mol. The number of pyridine rings is 1. The summed E-state index contributed by atoms with van der Waals surface area (Å²) in [5.41, 5.74) is 1.21. The summed E-state index contributed by atoms with van der Waals surface area (Å²) in [5, 5.41) is 6.15. The monoisotopic (exact) mass is 417 g/mol. The van der Waals surface area contributed by atoms with E-state index in [-0.39, 0.29) is 24.3 Å². The highest BCUT2D eigenvalue weighted by molar-refractivity contribution is 5.79. The fraction of sp³-hybridized carbons (Fsp3) is 0.455. The summed E-state index contributed by atoms with van der Waals surface area (Å²) in [5.74, 6) is 0.536. The molecule has 8 heteroatoms. The van der Waals surface area contributed by atoms with Crippen LogP contribution >= 0.6 is 0 Å². The van der Waals surface area contributed by atoms with Crippen LogP contribution in [-0.2, 0) is 17.8 Å². The van der Waals surface area contributed by atoms with E-state index in [0.29, 0.717) is 19.0 Å². The van der Waals surface area contributed by atoms with Gasteiger partial charge in [-0.2, -0.15) is 0 Å². The number of halogens is 2. The fourth-order valence-electron chi connectivity index (χ4n) is 3.43. The minimum Gasteiger partial charge on any atom is -0.372 e. The van der Waals surface area contributed by atoms with Crippen LogP contribution in [0, 0.1) is 11.6 Å². The van der Waals surface area contributed by atoms with E-state index in [9.17, 15) is 8.78 Å². The van der Waals surface area contributed by atoms with Crippen molar-refractivity contribution in [2.24, 2.45) is 4.99 Å². The van der Waals surface area contributed by atoms with E-state index < -0.39 is 11.6 Å². The number of hydrogen-bond acceptors (Lipinski definition) is 4. The Morgan fingerprint density at radius 3 is 2.60 bits per heavy atom. The topological polar surface area (TPSA) is 61.8 Å². The standard InChI is InChI=1S/C22H29F2N5O/c1-4-25-22(28-12-18-9-19(23)6-7-20(18)24)27-11-17-5-8-21(26-10-17)29-13-15(2)30-16(3)14-29/h5-10,15-16H,4,11-14H2,1-3H3,(H2,25,27,28). The summed E-state index contributed by atoms with van der Waals surface area (Å²) >= 11 is 0. The predicted molar refractivity (Wildman–Crippen MR) is 114 cm³/mol. The molecule has 0 saturated carbocycles. The van der Waals surface area contributed by atoms with Gasteiger partial charge in [0.15, 0.2) is 5.96 Å². The van der Waals surface area contributed by atoms with Crippen LogP contribution in [0.15, 0.2) is 41.5 Å². The van der Waals surface area contributed by atoms with Crippen LogP contribution in [-0.4, -0.2) is 42.8 Å². The molecule has 0 bridgehead atoms. The zero-order valence-corrected chi connectivity index (χ0v) is 17.7. The Labute approximate surface area is 176 Å². The minimum atomic E-state index is -0.467. The number of aliphatic imine (C=N–C) groups is 1. The van der Waals surface area contributed by atoms with E-state index in [1.165, 1.54) is 6.07 Å². The van der Waals surface area contributed by atoms with E-state index in [0.717, 1.165) is 36.6 Å². The molecule has 0 radical (unpaired) electrons. The number of rotatable bonds is 6. The van der Waals surface area contributed by atoms with E-state index in [4.69, 9.17) is 4.74 Å². The lowest BCUT2D eigenvalue weighted by Crippen LogP contribution is -2.45. The third-order valence-corrected chi connectivity index (χ3v) is 4.77. The van der Waals surface area contributed by atoms with Crippen LogP contribution in [0.25, 0.3) is 0 Å².